The van der Waals surface area contributed by atoms with Crippen LogP contribution < -0.4 is 10.6 Å². The number of nitrogens with zero attached hydrogens (tertiary/aromatic N) is 2. The van der Waals surface area contributed by atoms with E-state index < -0.39 is 0 Å². The number of aromatic nitrogens is 2. The number of para-hydroxylation sites is 3. The normalized spacial score (nSPS) is 13.4. The van der Waals surface area contributed by atoms with Gasteiger partial charge in [-0.3, -0.25) is 14.7 Å². The van der Waals surface area contributed by atoms with Crippen LogP contribution in [0.4, 0.5) is 5.95 Å². The van der Waals surface area contributed by atoms with E-state index in [2.05, 4.69) is 15.6 Å². The summed E-state index contributed by atoms with van der Waals surface area (Å²) in [5, 5.41) is 6.15. The van der Waals surface area contributed by atoms with E-state index in [0.717, 1.165) is 29.2 Å². The Morgan fingerprint density at radius 2 is 1.80 bits per heavy atom. The number of rotatable bonds is 6. The number of anilines is 1. The first-order valence-corrected chi connectivity index (χ1v) is 8.35. The molecule has 3 aromatic rings. The number of halogens is 1. The molecule has 2 N–H and O–H groups in total. The molecule has 25 heavy (non-hydrogen) atoms. The van der Waals surface area contributed by atoms with Gasteiger partial charge in [0.1, 0.15) is 0 Å². The van der Waals surface area contributed by atoms with E-state index in [-0.39, 0.29) is 18.3 Å². The fraction of sp³-hybridized carbons (Fsp3) is 0.263. The Morgan fingerprint density at radius 1 is 1.08 bits per heavy atom. The highest BCUT2D eigenvalue weighted by molar-refractivity contribution is 5.93. The van der Waals surface area contributed by atoms with Gasteiger partial charge in [-0.1, -0.05) is 30.3 Å². The number of hydrogen-bond acceptors (Lipinski definition) is 3. The van der Waals surface area contributed by atoms with Crippen LogP contribution in [-0.4, -0.2) is 28.5 Å². The van der Waals surface area contributed by atoms with Crippen molar-refractivity contribution in [3.8, 4) is 5.69 Å². The van der Waals surface area contributed by atoms with Crippen molar-refractivity contribution in [1.29, 1.82) is 0 Å². The second-order valence-corrected chi connectivity index (χ2v) is 6.22. The third kappa shape index (κ3) is 4.00. The fourth-order valence-electron chi connectivity index (χ4n) is 2.83. The zero-order valence-electron chi connectivity index (χ0n) is 13.8. The number of hydrogen-bond donors (Lipinski definition) is 2. The molecule has 1 amide bonds. The highest BCUT2D eigenvalue weighted by atomic mass is 35.5. The molecule has 1 aliphatic rings. The third-order valence-corrected chi connectivity index (χ3v) is 4.24. The first-order chi connectivity index (χ1) is 11.8. The molecule has 0 saturated heterocycles. The van der Waals surface area contributed by atoms with Crippen molar-refractivity contribution in [2.24, 2.45) is 5.92 Å². The average molecular weight is 357 g/mol. The number of amides is 1. The topological polar surface area (TPSA) is 59.0 Å². The summed E-state index contributed by atoms with van der Waals surface area (Å²) in [5.41, 5.74) is 2.82. The van der Waals surface area contributed by atoms with E-state index in [0.29, 0.717) is 12.5 Å². The molecule has 6 heteroatoms. The monoisotopic (exact) mass is 356 g/mol. The molecule has 2 aromatic carbocycles. The Morgan fingerprint density at radius 3 is 2.56 bits per heavy atom. The van der Waals surface area contributed by atoms with Gasteiger partial charge in [0.25, 0.3) is 0 Å². The van der Waals surface area contributed by atoms with Gasteiger partial charge in [0.15, 0.2) is 0 Å². The Bertz CT molecular complexity index is 858. The average Bonchev–Trinajstić information content (AvgIpc) is 3.35. The number of benzene rings is 2. The molecule has 1 saturated carbocycles. The van der Waals surface area contributed by atoms with Crippen LogP contribution in [0.25, 0.3) is 16.7 Å². The maximum atomic E-state index is 12.2. The van der Waals surface area contributed by atoms with E-state index in [9.17, 15) is 4.79 Å². The minimum Gasteiger partial charge on any atom is -0.308 e. The fourth-order valence-corrected chi connectivity index (χ4v) is 2.83. The van der Waals surface area contributed by atoms with Crippen molar-refractivity contribution in [3.05, 3.63) is 54.6 Å². The van der Waals surface area contributed by atoms with Gasteiger partial charge in [0, 0.05) is 5.69 Å². The van der Waals surface area contributed by atoms with Gasteiger partial charge in [0.2, 0.25) is 11.9 Å². The zero-order valence-corrected chi connectivity index (χ0v) is 14.6. The Kier molecular flexibility index (Phi) is 5.36. The van der Waals surface area contributed by atoms with E-state index >= 15 is 0 Å². The summed E-state index contributed by atoms with van der Waals surface area (Å²) >= 11 is 0. The summed E-state index contributed by atoms with van der Waals surface area (Å²) in [7, 11) is 0. The largest absolute Gasteiger partial charge is 0.308 e. The molecule has 5 nitrogen and oxygen atoms in total. The number of nitrogens with one attached hydrogen (secondary N) is 2. The molecule has 1 heterocycles. The van der Waals surface area contributed by atoms with Crippen molar-refractivity contribution in [2.45, 2.75) is 12.8 Å². The molecule has 0 unspecified atom stereocenters. The van der Waals surface area contributed by atoms with E-state index in [4.69, 9.17) is 0 Å². The molecule has 0 radical (unpaired) electrons. The first-order valence-electron chi connectivity index (χ1n) is 8.35. The second-order valence-electron chi connectivity index (χ2n) is 6.22. The standard InChI is InChI=1S/C19H20N4O.ClH/c24-18(13-20-12-14-10-11-14)22-19-21-16-8-4-5-9-17(16)23(19)15-6-2-1-3-7-15;/h1-9,14,20H,10-13H2,(H,21,22,24);1H. The maximum Gasteiger partial charge on any atom is 0.240 e. The molecule has 0 atom stereocenters. The Hall–Kier alpha value is -2.37. The maximum absolute atomic E-state index is 12.2. The lowest BCUT2D eigenvalue weighted by Gasteiger charge is -2.10. The van der Waals surface area contributed by atoms with Crippen molar-refractivity contribution in [1.82, 2.24) is 14.9 Å². The summed E-state index contributed by atoms with van der Waals surface area (Å²) in [5.74, 6) is 1.25. The van der Waals surface area contributed by atoms with Crippen LogP contribution in [0.1, 0.15) is 12.8 Å². The predicted octanol–water partition coefficient (Wildman–Crippen LogP) is 3.39. The lowest BCUT2D eigenvalue weighted by molar-refractivity contribution is -0.115. The van der Waals surface area contributed by atoms with Gasteiger partial charge in [-0.05, 0) is 49.6 Å². The van der Waals surface area contributed by atoms with Crippen molar-refractivity contribution in [3.63, 3.8) is 0 Å². The van der Waals surface area contributed by atoms with Crippen LogP contribution >= 0.6 is 12.4 Å². The molecule has 1 aromatic heterocycles. The molecule has 1 aliphatic carbocycles. The smallest absolute Gasteiger partial charge is 0.240 e. The van der Waals surface area contributed by atoms with Gasteiger partial charge in [-0.25, -0.2) is 4.98 Å². The molecule has 0 spiro atoms. The SMILES string of the molecule is Cl.O=C(CNCC1CC1)Nc1nc2ccccc2n1-c1ccccc1. The zero-order chi connectivity index (χ0) is 16.4. The molecule has 1 fully saturated rings. The second kappa shape index (κ2) is 7.68. The van der Waals surface area contributed by atoms with Crippen molar-refractivity contribution < 1.29 is 4.79 Å². The molecule has 0 aliphatic heterocycles. The lowest BCUT2D eigenvalue weighted by atomic mass is 10.3. The van der Waals surface area contributed by atoms with Crippen molar-refractivity contribution in [2.75, 3.05) is 18.4 Å². The van der Waals surface area contributed by atoms with E-state index in [1.807, 2.05) is 59.2 Å². The van der Waals surface area contributed by atoms with Crippen LogP contribution in [0.2, 0.25) is 0 Å². The summed E-state index contributed by atoms with van der Waals surface area (Å²) < 4.78 is 1.98. The Labute approximate surface area is 152 Å². The molecule has 0 bridgehead atoms. The van der Waals surface area contributed by atoms with E-state index in [1.54, 1.807) is 0 Å². The number of carbonyl (C=O) groups is 1. The summed E-state index contributed by atoms with van der Waals surface area (Å²) in [6.45, 7) is 1.23. The molecular formula is C19H21ClN4O. The van der Waals surface area contributed by atoms with Gasteiger partial charge in [0.05, 0.1) is 17.6 Å². The summed E-state index contributed by atoms with van der Waals surface area (Å²) in [4.78, 5) is 16.8. The lowest BCUT2D eigenvalue weighted by Crippen LogP contribution is -2.30. The van der Waals surface area contributed by atoms with Crippen LogP contribution in [-0.2, 0) is 4.79 Å². The van der Waals surface area contributed by atoms with Crippen LogP contribution in [0, 0.1) is 5.92 Å². The summed E-state index contributed by atoms with van der Waals surface area (Å²) in [6, 6.07) is 17.8. The van der Waals surface area contributed by atoms with Gasteiger partial charge < -0.3 is 5.32 Å². The van der Waals surface area contributed by atoms with Gasteiger partial charge in [-0.15, -0.1) is 12.4 Å². The van der Waals surface area contributed by atoms with Crippen LogP contribution in [0.3, 0.4) is 0 Å². The molecule has 130 valence electrons. The summed E-state index contributed by atoms with van der Waals surface area (Å²) in [6.07, 6.45) is 2.55. The molecule has 4 rings (SSSR count). The number of fused-ring (bicyclic) bond motifs is 1. The third-order valence-electron chi connectivity index (χ3n) is 4.24. The highest BCUT2D eigenvalue weighted by Gasteiger charge is 2.21. The minimum absolute atomic E-state index is 0. The highest BCUT2D eigenvalue weighted by Crippen LogP contribution is 2.27. The van der Waals surface area contributed by atoms with Gasteiger partial charge >= 0.3 is 0 Å². The molecular weight excluding hydrogens is 336 g/mol. The number of carbonyl (C=O) groups excluding carboxylic acids is 1. The van der Waals surface area contributed by atoms with E-state index in [1.165, 1.54) is 12.8 Å². The van der Waals surface area contributed by atoms with Crippen molar-refractivity contribution >= 4 is 35.3 Å². The van der Waals surface area contributed by atoms with Crippen LogP contribution in [0.15, 0.2) is 54.6 Å². The van der Waals surface area contributed by atoms with Crippen LogP contribution in [0.5, 0.6) is 0 Å². The number of imidazole rings is 1. The predicted molar refractivity (Wildman–Crippen MR) is 103 cm³/mol. The van der Waals surface area contributed by atoms with Gasteiger partial charge in [-0.2, -0.15) is 0 Å². The quantitative estimate of drug-likeness (QED) is 0.711. The minimum atomic E-state index is -0.0665. The Balaban J connectivity index is 0.00000182. The first kappa shape index (κ1) is 17.5.